The number of carbonyl (C=O) groups is 1. The first-order chi connectivity index (χ1) is 14.5. The minimum absolute atomic E-state index is 0.265. The number of aromatic nitrogens is 1. The molecular formula is C24H19BrClN3O. The number of amides is 1. The van der Waals surface area contributed by atoms with Gasteiger partial charge in [0.2, 0.25) is 0 Å². The van der Waals surface area contributed by atoms with E-state index in [9.17, 15) is 4.79 Å². The first kappa shape index (κ1) is 20.4. The molecule has 1 amide bonds. The van der Waals surface area contributed by atoms with E-state index in [-0.39, 0.29) is 5.91 Å². The molecule has 0 saturated carbocycles. The van der Waals surface area contributed by atoms with Gasteiger partial charge in [0.1, 0.15) is 0 Å². The van der Waals surface area contributed by atoms with Gasteiger partial charge in [0.15, 0.2) is 0 Å². The van der Waals surface area contributed by atoms with E-state index in [1.165, 1.54) is 0 Å². The lowest BCUT2D eigenvalue weighted by Gasteiger charge is -2.09. The summed E-state index contributed by atoms with van der Waals surface area (Å²) in [6.45, 7) is 2.76. The van der Waals surface area contributed by atoms with E-state index in [2.05, 4.69) is 56.1 Å². The summed E-state index contributed by atoms with van der Waals surface area (Å²) >= 11 is 9.55. The van der Waals surface area contributed by atoms with Crippen molar-refractivity contribution in [1.82, 2.24) is 9.99 Å². The van der Waals surface area contributed by atoms with Crippen LogP contribution in [-0.4, -0.2) is 16.7 Å². The van der Waals surface area contributed by atoms with Crippen molar-refractivity contribution in [3.8, 4) is 0 Å². The first-order valence-electron chi connectivity index (χ1n) is 9.45. The molecule has 0 fully saturated rings. The molecule has 0 radical (unpaired) electrons. The second-order valence-corrected chi connectivity index (χ2v) is 8.20. The van der Waals surface area contributed by atoms with Crippen molar-refractivity contribution in [2.75, 3.05) is 0 Å². The monoisotopic (exact) mass is 479 g/mol. The Kier molecular flexibility index (Phi) is 6.02. The molecule has 0 aliphatic rings. The standard InChI is InChI=1S/C24H19BrClN3O/c1-16-21(14-27-28-24(30)20-10-2-4-11-22(20)25)19-9-3-5-12-23(19)29(16)15-17-7-6-8-18(26)13-17/h2-14H,15H2,1H3,(H,28,30)/b27-14-. The van der Waals surface area contributed by atoms with Crippen molar-refractivity contribution in [3.63, 3.8) is 0 Å². The highest BCUT2D eigenvalue weighted by Gasteiger charge is 2.13. The van der Waals surface area contributed by atoms with Crippen LogP contribution in [0.3, 0.4) is 0 Å². The highest BCUT2D eigenvalue weighted by molar-refractivity contribution is 9.10. The van der Waals surface area contributed by atoms with Crippen molar-refractivity contribution in [2.45, 2.75) is 13.5 Å². The third-order valence-electron chi connectivity index (χ3n) is 4.99. The molecule has 4 rings (SSSR count). The maximum Gasteiger partial charge on any atom is 0.272 e. The third-order valence-corrected chi connectivity index (χ3v) is 5.91. The lowest BCUT2D eigenvalue weighted by Crippen LogP contribution is -2.18. The number of fused-ring (bicyclic) bond motifs is 1. The second-order valence-electron chi connectivity index (χ2n) is 6.91. The maximum absolute atomic E-state index is 12.4. The first-order valence-corrected chi connectivity index (χ1v) is 10.6. The summed E-state index contributed by atoms with van der Waals surface area (Å²) in [5, 5.41) is 6.02. The predicted molar refractivity (Wildman–Crippen MR) is 126 cm³/mol. The molecule has 0 aliphatic carbocycles. The van der Waals surface area contributed by atoms with Gasteiger partial charge >= 0.3 is 0 Å². The zero-order chi connectivity index (χ0) is 21.1. The van der Waals surface area contributed by atoms with Crippen LogP contribution < -0.4 is 5.43 Å². The van der Waals surface area contributed by atoms with Gasteiger partial charge in [-0.1, -0.05) is 54.1 Å². The fourth-order valence-corrected chi connectivity index (χ4v) is 4.18. The van der Waals surface area contributed by atoms with E-state index in [4.69, 9.17) is 11.6 Å². The van der Waals surface area contributed by atoms with Crippen LogP contribution in [0.2, 0.25) is 5.02 Å². The topological polar surface area (TPSA) is 46.4 Å². The van der Waals surface area contributed by atoms with Crippen LogP contribution in [0, 0.1) is 6.92 Å². The Morgan fingerprint density at radius 1 is 1.10 bits per heavy atom. The lowest BCUT2D eigenvalue weighted by atomic mass is 10.1. The van der Waals surface area contributed by atoms with Gasteiger partial charge in [0.25, 0.3) is 5.91 Å². The van der Waals surface area contributed by atoms with Gasteiger partial charge in [0.05, 0.1) is 11.8 Å². The number of hydrogen-bond donors (Lipinski definition) is 1. The Morgan fingerprint density at radius 2 is 1.87 bits per heavy atom. The quantitative estimate of drug-likeness (QED) is 0.269. The molecule has 0 aliphatic heterocycles. The number of para-hydroxylation sites is 1. The number of benzene rings is 3. The van der Waals surface area contributed by atoms with Crippen molar-refractivity contribution in [1.29, 1.82) is 0 Å². The van der Waals surface area contributed by atoms with Crippen molar-refractivity contribution in [2.24, 2.45) is 5.10 Å². The summed E-state index contributed by atoms with van der Waals surface area (Å²) in [5.74, 6) is -0.265. The predicted octanol–water partition coefficient (Wildman–Crippen LogP) is 6.18. The molecule has 4 aromatic rings. The third kappa shape index (κ3) is 4.18. The number of nitrogens with one attached hydrogen (secondary N) is 1. The Morgan fingerprint density at radius 3 is 2.67 bits per heavy atom. The SMILES string of the molecule is Cc1c(/C=N\NC(=O)c2ccccc2Br)c2ccccc2n1Cc1cccc(Cl)c1. The average molecular weight is 481 g/mol. The summed E-state index contributed by atoms with van der Waals surface area (Å²) in [6, 6.07) is 23.3. The van der Waals surface area contributed by atoms with Crippen LogP contribution in [0.5, 0.6) is 0 Å². The molecule has 0 bridgehead atoms. The summed E-state index contributed by atoms with van der Waals surface area (Å²) in [4.78, 5) is 12.4. The fourth-order valence-electron chi connectivity index (χ4n) is 3.50. The zero-order valence-corrected chi connectivity index (χ0v) is 18.6. The summed E-state index contributed by atoms with van der Waals surface area (Å²) in [5.41, 5.74) is 7.42. The minimum Gasteiger partial charge on any atom is -0.340 e. The number of halogens is 2. The number of carbonyl (C=O) groups excluding carboxylic acids is 1. The molecule has 4 nitrogen and oxygen atoms in total. The molecule has 150 valence electrons. The molecule has 3 aromatic carbocycles. The largest absolute Gasteiger partial charge is 0.340 e. The summed E-state index contributed by atoms with van der Waals surface area (Å²) in [7, 11) is 0. The minimum atomic E-state index is -0.265. The second kappa shape index (κ2) is 8.86. The van der Waals surface area contributed by atoms with Crippen LogP contribution >= 0.6 is 27.5 Å². The van der Waals surface area contributed by atoms with Gasteiger partial charge in [-0.25, -0.2) is 5.43 Å². The van der Waals surface area contributed by atoms with E-state index in [1.54, 1.807) is 12.3 Å². The van der Waals surface area contributed by atoms with Gasteiger partial charge in [-0.15, -0.1) is 0 Å². The van der Waals surface area contributed by atoms with Gasteiger partial charge in [-0.2, -0.15) is 5.10 Å². The van der Waals surface area contributed by atoms with E-state index >= 15 is 0 Å². The molecule has 1 heterocycles. The van der Waals surface area contributed by atoms with Gasteiger partial charge < -0.3 is 4.57 Å². The zero-order valence-electron chi connectivity index (χ0n) is 16.3. The lowest BCUT2D eigenvalue weighted by molar-refractivity contribution is 0.0954. The van der Waals surface area contributed by atoms with E-state index in [0.717, 1.165) is 37.2 Å². The molecule has 0 atom stereocenters. The molecule has 6 heteroatoms. The molecule has 1 aromatic heterocycles. The van der Waals surface area contributed by atoms with Gasteiger partial charge in [-0.3, -0.25) is 4.79 Å². The Balaban J connectivity index is 1.64. The Hall–Kier alpha value is -2.89. The fraction of sp³-hybridized carbons (Fsp3) is 0.0833. The Labute approximate surface area is 188 Å². The molecule has 0 unspecified atom stereocenters. The molecule has 1 N–H and O–H groups in total. The van der Waals surface area contributed by atoms with Crippen molar-refractivity contribution in [3.05, 3.63) is 105 Å². The smallest absolute Gasteiger partial charge is 0.272 e. The normalized spacial score (nSPS) is 11.3. The van der Waals surface area contributed by atoms with Crippen molar-refractivity contribution >= 4 is 50.6 Å². The molecule has 30 heavy (non-hydrogen) atoms. The van der Waals surface area contributed by atoms with Crippen LogP contribution in [0.15, 0.2) is 82.4 Å². The van der Waals surface area contributed by atoms with Crippen LogP contribution in [0.4, 0.5) is 0 Å². The summed E-state index contributed by atoms with van der Waals surface area (Å²) < 4.78 is 2.96. The maximum atomic E-state index is 12.4. The number of hydrazone groups is 1. The molecular weight excluding hydrogens is 462 g/mol. The molecule has 0 saturated heterocycles. The van der Waals surface area contributed by atoms with E-state index in [1.807, 2.05) is 48.5 Å². The van der Waals surface area contributed by atoms with Gasteiger partial charge in [0, 0.05) is 38.2 Å². The number of rotatable bonds is 5. The van der Waals surface area contributed by atoms with Crippen molar-refractivity contribution < 1.29 is 4.79 Å². The average Bonchev–Trinajstić information content (AvgIpc) is 3.00. The van der Waals surface area contributed by atoms with E-state index in [0.29, 0.717) is 12.1 Å². The van der Waals surface area contributed by atoms with Gasteiger partial charge in [-0.05, 0) is 58.7 Å². The van der Waals surface area contributed by atoms with E-state index < -0.39 is 0 Å². The number of hydrogen-bond acceptors (Lipinski definition) is 2. The number of nitrogens with zero attached hydrogens (tertiary/aromatic N) is 2. The van der Waals surface area contributed by atoms with Crippen LogP contribution in [0.25, 0.3) is 10.9 Å². The Bertz CT molecular complexity index is 1260. The molecule has 0 spiro atoms. The summed E-state index contributed by atoms with van der Waals surface area (Å²) in [6.07, 6.45) is 1.71. The van der Waals surface area contributed by atoms with Crippen LogP contribution in [-0.2, 0) is 6.54 Å². The van der Waals surface area contributed by atoms with Crippen LogP contribution in [0.1, 0.15) is 27.2 Å². The highest BCUT2D eigenvalue weighted by Crippen LogP contribution is 2.26. The highest BCUT2D eigenvalue weighted by atomic mass is 79.9.